The standard InChI is InChI=1S/C10H16N2OS/c1-7(11)10(13)12(3)8(2)9-5-4-6-14-9/h4-8H,11H2,1-3H3/t7-,8?/m1/s1. The van der Waals surface area contributed by atoms with Gasteiger partial charge in [0, 0.05) is 11.9 Å². The first kappa shape index (κ1) is 11.2. The Labute approximate surface area is 88.5 Å². The molecule has 78 valence electrons. The summed E-state index contributed by atoms with van der Waals surface area (Å²) in [4.78, 5) is 14.5. The number of carbonyl (C=O) groups is 1. The van der Waals surface area contributed by atoms with E-state index in [9.17, 15) is 4.79 Å². The molecule has 1 aromatic heterocycles. The van der Waals surface area contributed by atoms with Crippen molar-refractivity contribution in [3.8, 4) is 0 Å². The summed E-state index contributed by atoms with van der Waals surface area (Å²) in [6, 6.07) is 3.69. The molecular weight excluding hydrogens is 196 g/mol. The first-order valence-electron chi connectivity index (χ1n) is 4.59. The molecule has 1 amide bonds. The molecule has 0 spiro atoms. The smallest absolute Gasteiger partial charge is 0.239 e. The van der Waals surface area contributed by atoms with Gasteiger partial charge in [-0.2, -0.15) is 0 Å². The maximum atomic E-state index is 11.6. The number of nitrogens with two attached hydrogens (primary N) is 1. The van der Waals surface area contributed by atoms with Gasteiger partial charge in [-0.05, 0) is 25.3 Å². The van der Waals surface area contributed by atoms with Gasteiger partial charge in [-0.1, -0.05) is 6.07 Å². The third-order valence-electron chi connectivity index (χ3n) is 2.27. The van der Waals surface area contributed by atoms with Gasteiger partial charge in [-0.3, -0.25) is 4.79 Å². The number of rotatable bonds is 3. The molecular formula is C10H16N2OS. The normalized spacial score (nSPS) is 14.9. The van der Waals surface area contributed by atoms with Crippen LogP contribution in [0.2, 0.25) is 0 Å². The summed E-state index contributed by atoms with van der Waals surface area (Å²) in [5, 5.41) is 2.01. The molecule has 14 heavy (non-hydrogen) atoms. The molecule has 0 bridgehead atoms. The molecule has 0 saturated carbocycles. The van der Waals surface area contributed by atoms with Crippen LogP contribution in [-0.2, 0) is 4.79 Å². The van der Waals surface area contributed by atoms with E-state index >= 15 is 0 Å². The summed E-state index contributed by atoms with van der Waals surface area (Å²) in [5.74, 6) is -0.0223. The van der Waals surface area contributed by atoms with Gasteiger partial charge in [-0.25, -0.2) is 0 Å². The predicted octanol–water partition coefficient (Wildman–Crippen LogP) is 1.61. The molecule has 0 aliphatic carbocycles. The van der Waals surface area contributed by atoms with E-state index in [2.05, 4.69) is 0 Å². The third-order valence-corrected chi connectivity index (χ3v) is 3.32. The van der Waals surface area contributed by atoms with Gasteiger partial charge in [0.2, 0.25) is 5.91 Å². The molecule has 1 rings (SSSR count). The lowest BCUT2D eigenvalue weighted by atomic mass is 10.2. The van der Waals surface area contributed by atoms with Crippen LogP contribution in [0.4, 0.5) is 0 Å². The summed E-state index contributed by atoms with van der Waals surface area (Å²) < 4.78 is 0. The highest BCUT2D eigenvalue weighted by molar-refractivity contribution is 7.10. The van der Waals surface area contributed by atoms with E-state index < -0.39 is 6.04 Å². The summed E-state index contributed by atoms with van der Waals surface area (Å²) >= 11 is 1.65. The average molecular weight is 212 g/mol. The third kappa shape index (κ3) is 2.33. The lowest BCUT2D eigenvalue weighted by Gasteiger charge is -2.25. The largest absolute Gasteiger partial charge is 0.337 e. The Morgan fingerprint density at radius 2 is 2.21 bits per heavy atom. The zero-order chi connectivity index (χ0) is 10.7. The SMILES string of the molecule is CC(c1cccs1)N(C)C(=O)[C@@H](C)N. The quantitative estimate of drug-likeness (QED) is 0.827. The fourth-order valence-corrected chi connectivity index (χ4v) is 2.06. The molecule has 0 fully saturated rings. The van der Waals surface area contributed by atoms with Crippen LogP contribution >= 0.6 is 11.3 Å². The lowest BCUT2D eigenvalue weighted by molar-refractivity contribution is -0.132. The molecule has 0 aliphatic heterocycles. The van der Waals surface area contributed by atoms with Crippen molar-refractivity contribution in [3.63, 3.8) is 0 Å². The summed E-state index contributed by atoms with van der Waals surface area (Å²) in [5.41, 5.74) is 5.54. The monoisotopic (exact) mass is 212 g/mol. The maximum absolute atomic E-state index is 11.6. The maximum Gasteiger partial charge on any atom is 0.239 e. The molecule has 0 aliphatic rings. The Kier molecular flexibility index (Phi) is 3.66. The van der Waals surface area contributed by atoms with E-state index in [0.29, 0.717) is 0 Å². The summed E-state index contributed by atoms with van der Waals surface area (Å²) in [6.45, 7) is 3.71. The van der Waals surface area contributed by atoms with Crippen molar-refractivity contribution in [3.05, 3.63) is 22.4 Å². The van der Waals surface area contributed by atoms with Crippen LogP contribution in [-0.4, -0.2) is 23.9 Å². The second-order valence-corrected chi connectivity index (χ2v) is 4.41. The van der Waals surface area contributed by atoms with Gasteiger partial charge >= 0.3 is 0 Å². The fourth-order valence-electron chi connectivity index (χ4n) is 1.23. The first-order chi connectivity index (χ1) is 6.54. The van der Waals surface area contributed by atoms with Gasteiger partial charge in [0.25, 0.3) is 0 Å². The minimum absolute atomic E-state index is 0.0223. The van der Waals surface area contributed by atoms with Crippen molar-refractivity contribution in [1.82, 2.24) is 4.90 Å². The van der Waals surface area contributed by atoms with Crippen LogP contribution in [0.25, 0.3) is 0 Å². The second kappa shape index (κ2) is 4.57. The summed E-state index contributed by atoms with van der Waals surface area (Å²) in [7, 11) is 1.79. The molecule has 2 N–H and O–H groups in total. The van der Waals surface area contributed by atoms with Gasteiger partial charge in [0.05, 0.1) is 12.1 Å². The second-order valence-electron chi connectivity index (χ2n) is 3.43. The van der Waals surface area contributed by atoms with Crippen molar-refractivity contribution in [2.75, 3.05) is 7.05 Å². The van der Waals surface area contributed by atoms with Crippen molar-refractivity contribution in [2.24, 2.45) is 5.73 Å². The number of amides is 1. The first-order valence-corrected chi connectivity index (χ1v) is 5.47. The number of thiophene rings is 1. The number of likely N-dealkylation sites (N-methyl/N-ethyl adjacent to an activating group) is 1. The minimum Gasteiger partial charge on any atom is -0.337 e. The van der Waals surface area contributed by atoms with Gasteiger partial charge in [-0.15, -0.1) is 11.3 Å². The Hall–Kier alpha value is -0.870. The zero-order valence-corrected chi connectivity index (χ0v) is 9.54. The summed E-state index contributed by atoms with van der Waals surface area (Å²) in [6.07, 6.45) is 0. The van der Waals surface area contributed by atoms with E-state index in [0.717, 1.165) is 0 Å². The van der Waals surface area contributed by atoms with E-state index in [1.165, 1.54) is 4.88 Å². The van der Waals surface area contributed by atoms with Crippen LogP contribution in [0.3, 0.4) is 0 Å². The molecule has 1 unspecified atom stereocenters. The van der Waals surface area contributed by atoms with Crippen molar-refractivity contribution in [2.45, 2.75) is 25.9 Å². The van der Waals surface area contributed by atoms with Gasteiger partial charge in [0.15, 0.2) is 0 Å². The van der Waals surface area contributed by atoms with Crippen molar-refractivity contribution in [1.29, 1.82) is 0 Å². The highest BCUT2D eigenvalue weighted by atomic mass is 32.1. The number of hydrogen-bond acceptors (Lipinski definition) is 3. The fraction of sp³-hybridized carbons (Fsp3) is 0.500. The van der Waals surface area contributed by atoms with E-state index in [1.807, 2.05) is 24.4 Å². The van der Waals surface area contributed by atoms with Crippen molar-refractivity contribution < 1.29 is 4.79 Å². The van der Waals surface area contributed by atoms with E-state index in [1.54, 1.807) is 30.2 Å². The van der Waals surface area contributed by atoms with Crippen LogP contribution in [0.15, 0.2) is 17.5 Å². The number of carbonyl (C=O) groups excluding carboxylic acids is 1. The molecule has 1 aromatic rings. The Bertz CT molecular complexity index is 295. The van der Waals surface area contributed by atoms with Gasteiger partial charge < -0.3 is 10.6 Å². The van der Waals surface area contributed by atoms with Crippen molar-refractivity contribution >= 4 is 17.2 Å². The molecule has 1 heterocycles. The lowest BCUT2D eigenvalue weighted by Crippen LogP contribution is -2.40. The zero-order valence-electron chi connectivity index (χ0n) is 8.73. The molecule has 3 nitrogen and oxygen atoms in total. The van der Waals surface area contributed by atoms with Crippen LogP contribution in [0.5, 0.6) is 0 Å². The minimum atomic E-state index is -0.428. The molecule has 0 radical (unpaired) electrons. The Morgan fingerprint density at radius 3 is 2.64 bits per heavy atom. The molecule has 2 atom stereocenters. The topological polar surface area (TPSA) is 46.3 Å². The van der Waals surface area contributed by atoms with Gasteiger partial charge in [0.1, 0.15) is 0 Å². The Morgan fingerprint density at radius 1 is 1.57 bits per heavy atom. The number of nitrogens with zero attached hydrogens (tertiary/aromatic N) is 1. The van der Waals surface area contributed by atoms with E-state index in [4.69, 9.17) is 5.73 Å². The Balaban J connectivity index is 2.70. The molecule has 0 aromatic carbocycles. The predicted molar refractivity (Wildman–Crippen MR) is 59.2 cm³/mol. The number of hydrogen-bond donors (Lipinski definition) is 1. The van der Waals surface area contributed by atoms with E-state index in [-0.39, 0.29) is 11.9 Å². The van der Waals surface area contributed by atoms with Crippen LogP contribution < -0.4 is 5.73 Å². The van der Waals surface area contributed by atoms with Crippen LogP contribution in [0.1, 0.15) is 24.8 Å². The highest BCUT2D eigenvalue weighted by Crippen LogP contribution is 2.23. The molecule has 0 saturated heterocycles. The average Bonchev–Trinajstić information content (AvgIpc) is 2.67. The van der Waals surface area contributed by atoms with Crippen LogP contribution in [0, 0.1) is 0 Å². The highest BCUT2D eigenvalue weighted by Gasteiger charge is 2.20. The molecule has 4 heteroatoms.